The van der Waals surface area contributed by atoms with Crippen LogP contribution in [0, 0.1) is 5.95 Å². The zero-order valence-corrected chi connectivity index (χ0v) is 10.0. The second kappa shape index (κ2) is 5.12. The first kappa shape index (κ1) is 12.5. The van der Waals surface area contributed by atoms with Crippen LogP contribution in [0.1, 0.15) is 23.2 Å². The number of pyridine rings is 1. The molecule has 1 fully saturated rings. The predicted molar refractivity (Wildman–Crippen MR) is 62.3 cm³/mol. The molecule has 0 bridgehead atoms. The zero-order chi connectivity index (χ0) is 13.1. The van der Waals surface area contributed by atoms with Crippen LogP contribution in [-0.4, -0.2) is 41.3 Å². The van der Waals surface area contributed by atoms with E-state index in [0.29, 0.717) is 19.4 Å². The minimum atomic E-state index is -0.682. The van der Waals surface area contributed by atoms with Gasteiger partial charge in [0.2, 0.25) is 11.9 Å². The van der Waals surface area contributed by atoms with Gasteiger partial charge in [0.05, 0.1) is 0 Å². The Morgan fingerprint density at radius 2 is 2.39 bits per heavy atom. The van der Waals surface area contributed by atoms with Crippen molar-refractivity contribution in [2.45, 2.75) is 18.9 Å². The van der Waals surface area contributed by atoms with E-state index in [1.54, 1.807) is 11.9 Å². The zero-order valence-electron chi connectivity index (χ0n) is 10.0. The van der Waals surface area contributed by atoms with Crippen molar-refractivity contribution in [1.29, 1.82) is 0 Å². The molecule has 2 heterocycles. The van der Waals surface area contributed by atoms with Gasteiger partial charge < -0.3 is 10.2 Å². The molecule has 0 aliphatic carbocycles. The van der Waals surface area contributed by atoms with Gasteiger partial charge in [-0.15, -0.1) is 0 Å². The predicted octanol–water partition coefficient (Wildman–Crippen LogP) is 0.571. The second-order valence-corrected chi connectivity index (χ2v) is 4.35. The third kappa shape index (κ3) is 2.82. The summed E-state index contributed by atoms with van der Waals surface area (Å²) in [5.74, 6) is -0.946. The van der Waals surface area contributed by atoms with Crippen LogP contribution in [0.4, 0.5) is 4.39 Å². The average Bonchev–Trinajstić information content (AvgIpc) is 2.34. The van der Waals surface area contributed by atoms with Crippen LogP contribution in [0.15, 0.2) is 18.3 Å². The fourth-order valence-corrected chi connectivity index (χ4v) is 1.94. The first-order chi connectivity index (χ1) is 8.56. The number of aromatic nitrogens is 1. The van der Waals surface area contributed by atoms with Crippen molar-refractivity contribution < 1.29 is 14.0 Å². The summed E-state index contributed by atoms with van der Waals surface area (Å²) in [4.78, 5) is 28.1. The van der Waals surface area contributed by atoms with Gasteiger partial charge in [-0.1, -0.05) is 0 Å². The van der Waals surface area contributed by atoms with Crippen molar-refractivity contribution in [2.24, 2.45) is 0 Å². The summed E-state index contributed by atoms with van der Waals surface area (Å²) in [5.41, 5.74) is 0.238. The maximum absolute atomic E-state index is 12.9. The quantitative estimate of drug-likeness (QED) is 0.782. The van der Waals surface area contributed by atoms with Crippen LogP contribution in [0.5, 0.6) is 0 Å². The Labute approximate surface area is 104 Å². The maximum Gasteiger partial charge on any atom is 0.251 e. The van der Waals surface area contributed by atoms with E-state index in [4.69, 9.17) is 0 Å². The number of amides is 2. The normalized spacial score (nSPS) is 19.8. The lowest BCUT2D eigenvalue weighted by atomic mass is 10.1. The van der Waals surface area contributed by atoms with Gasteiger partial charge in [-0.25, -0.2) is 4.98 Å². The molecule has 0 aromatic carbocycles. The molecule has 1 aromatic heterocycles. The van der Waals surface area contributed by atoms with Crippen molar-refractivity contribution in [3.8, 4) is 0 Å². The third-order valence-corrected chi connectivity index (χ3v) is 2.95. The standard InChI is InChI=1S/C12H14FN3O2/c1-16-7-9(2-3-11(16)17)15-12(18)8-4-5-14-10(13)6-8/h4-6,9H,2-3,7H2,1H3,(H,15,18)/t9-/m0/s1. The number of carbonyl (C=O) groups excluding carboxylic acids is 2. The molecular weight excluding hydrogens is 237 g/mol. The lowest BCUT2D eigenvalue weighted by molar-refractivity contribution is -0.132. The van der Waals surface area contributed by atoms with Gasteiger partial charge in [0.15, 0.2) is 0 Å². The molecule has 5 nitrogen and oxygen atoms in total. The smallest absolute Gasteiger partial charge is 0.251 e. The number of hydrogen-bond acceptors (Lipinski definition) is 3. The second-order valence-electron chi connectivity index (χ2n) is 4.35. The molecule has 18 heavy (non-hydrogen) atoms. The number of piperidine rings is 1. The number of nitrogens with one attached hydrogen (secondary N) is 1. The number of rotatable bonds is 2. The van der Waals surface area contributed by atoms with Crippen LogP contribution in [0.3, 0.4) is 0 Å². The molecule has 2 rings (SSSR count). The fourth-order valence-electron chi connectivity index (χ4n) is 1.94. The molecule has 1 N–H and O–H groups in total. The first-order valence-electron chi connectivity index (χ1n) is 5.72. The fraction of sp³-hybridized carbons (Fsp3) is 0.417. The van der Waals surface area contributed by atoms with E-state index >= 15 is 0 Å². The molecule has 2 amide bonds. The molecule has 0 radical (unpaired) electrons. The lowest BCUT2D eigenvalue weighted by Crippen LogP contribution is -2.48. The van der Waals surface area contributed by atoms with Crippen LogP contribution in [0.25, 0.3) is 0 Å². The van der Waals surface area contributed by atoms with Gasteiger partial charge in [0.25, 0.3) is 5.91 Å². The van der Waals surface area contributed by atoms with E-state index < -0.39 is 5.95 Å². The van der Waals surface area contributed by atoms with Gasteiger partial charge in [-0.2, -0.15) is 4.39 Å². The van der Waals surface area contributed by atoms with Crippen molar-refractivity contribution in [2.75, 3.05) is 13.6 Å². The summed E-state index contributed by atoms with van der Waals surface area (Å²) in [6, 6.07) is 2.46. The highest BCUT2D eigenvalue weighted by Gasteiger charge is 2.24. The molecule has 96 valence electrons. The Morgan fingerprint density at radius 3 is 3.06 bits per heavy atom. The van der Waals surface area contributed by atoms with Crippen LogP contribution in [0.2, 0.25) is 0 Å². The summed E-state index contributed by atoms with van der Waals surface area (Å²) < 4.78 is 12.9. The summed E-state index contributed by atoms with van der Waals surface area (Å²) >= 11 is 0. The average molecular weight is 251 g/mol. The molecule has 0 spiro atoms. The monoisotopic (exact) mass is 251 g/mol. The molecule has 6 heteroatoms. The Kier molecular flexibility index (Phi) is 3.55. The summed E-state index contributed by atoms with van der Waals surface area (Å²) in [6.07, 6.45) is 2.29. The van der Waals surface area contributed by atoms with E-state index in [2.05, 4.69) is 10.3 Å². The van der Waals surface area contributed by atoms with Crippen LogP contribution in [-0.2, 0) is 4.79 Å². The molecule has 1 atom stereocenters. The van der Waals surface area contributed by atoms with E-state index in [0.717, 1.165) is 6.07 Å². The summed E-state index contributed by atoms with van der Waals surface area (Å²) in [7, 11) is 1.70. The molecule has 0 saturated carbocycles. The van der Waals surface area contributed by atoms with Crippen molar-refractivity contribution in [3.05, 3.63) is 29.8 Å². The van der Waals surface area contributed by atoms with E-state index in [-0.39, 0.29) is 23.4 Å². The molecular formula is C12H14FN3O2. The molecule has 1 aromatic rings. The summed E-state index contributed by atoms with van der Waals surface area (Å²) in [5, 5.41) is 2.79. The Balaban J connectivity index is 1.98. The SMILES string of the molecule is CN1C[C@@H](NC(=O)c2ccnc(F)c2)CCC1=O. The minimum Gasteiger partial charge on any atom is -0.348 e. The number of nitrogens with zero attached hydrogens (tertiary/aromatic N) is 2. The van der Waals surface area contributed by atoms with E-state index in [1.807, 2.05) is 0 Å². The van der Waals surface area contributed by atoms with E-state index in [1.165, 1.54) is 12.3 Å². The molecule has 1 aliphatic rings. The highest BCUT2D eigenvalue weighted by atomic mass is 19.1. The largest absolute Gasteiger partial charge is 0.348 e. The minimum absolute atomic E-state index is 0.0791. The number of halogens is 1. The van der Waals surface area contributed by atoms with Gasteiger partial charge >= 0.3 is 0 Å². The lowest BCUT2D eigenvalue weighted by Gasteiger charge is -2.30. The molecule has 0 unspecified atom stereocenters. The van der Waals surface area contributed by atoms with Crippen molar-refractivity contribution >= 4 is 11.8 Å². The first-order valence-corrected chi connectivity index (χ1v) is 5.72. The third-order valence-electron chi connectivity index (χ3n) is 2.95. The van der Waals surface area contributed by atoms with Crippen molar-refractivity contribution in [3.63, 3.8) is 0 Å². The number of hydrogen-bond donors (Lipinski definition) is 1. The highest BCUT2D eigenvalue weighted by molar-refractivity contribution is 5.94. The van der Waals surface area contributed by atoms with Gasteiger partial charge in [0.1, 0.15) is 0 Å². The van der Waals surface area contributed by atoms with Crippen LogP contribution >= 0.6 is 0 Å². The van der Waals surface area contributed by atoms with Crippen LogP contribution < -0.4 is 5.32 Å². The maximum atomic E-state index is 12.9. The highest BCUT2D eigenvalue weighted by Crippen LogP contribution is 2.10. The molecule has 1 saturated heterocycles. The number of likely N-dealkylation sites (tertiary alicyclic amines) is 1. The van der Waals surface area contributed by atoms with Gasteiger partial charge in [0, 0.05) is 43.9 Å². The van der Waals surface area contributed by atoms with E-state index in [9.17, 15) is 14.0 Å². The van der Waals surface area contributed by atoms with Crippen molar-refractivity contribution in [1.82, 2.24) is 15.2 Å². The van der Waals surface area contributed by atoms with Gasteiger partial charge in [-0.05, 0) is 12.5 Å². The van der Waals surface area contributed by atoms with Gasteiger partial charge in [-0.3, -0.25) is 9.59 Å². The Bertz CT molecular complexity index is 478. The topological polar surface area (TPSA) is 62.3 Å². The summed E-state index contributed by atoms with van der Waals surface area (Å²) in [6.45, 7) is 0.484. The Morgan fingerprint density at radius 1 is 1.61 bits per heavy atom. The Hall–Kier alpha value is -1.98. The number of likely N-dealkylation sites (N-methyl/N-ethyl adjacent to an activating group) is 1. The number of carbonyl (C=O) groups is 2. The molecule has 1 aliphatic heterocycles.